The molecule has 0 bridgehead atoms. The van der Waals surface area contributed by atoms with E-state index in [0.29, 0.717) is 27.9 Å². The van der Waals surface area contributed by atoms with E-state index in [1.807, 2.05) is 24.3 Å². The summed E-state index contributed by atoms with van der Waals surface area (Å²) >= 11 is 8.05. The van der Waals surface area contributed by atoms with E-state index in [2.05, 4.69) is 22.6 Å². The van der Waals surface area contributed by atoms with Crippen molar-refractivity contribution in [2.24, 2.45) is 0 Å². The first-order valence-corrected chi connectivity index (χ1v) is 8.80. The van der Waals surface area contributed by atoms with E-state index < -0.39 is 5.97 Å². The molecule has 1 aliphatic heterocycles. The number of hydrogen-bond acceptors (Lipinski definition) is 4. The lowest BCUT2D eigenvalue weighted by Crippen LogP contribution is -1.98. The van der Waals surface area contributed by atoms with Crippen molar-refractivity contribution in [1.29, 1.82) is 0 Å². The number of carbonyl (C=O) groups is 1. The Morgan fingerprint density at radius 2 is 1.84 bits per heavy atom. The zero-order valence-corrected chi connectivity index (χ0v) is 16.4. The fraction of sp³-hybridized carbons (Fsp3) is 0.105. The Morgan fingerprint density at radius 1 is 1.12 bits per heavy atom. The van der Waals surface area contributed by atoms with Gasteiger partial charge in [0, 0.05) is 10.6 Å². The van der Waals surface area contributed by atoms with Gasteiger partial charge in [-0.25, -0.2) is 4.79 Å². The molecule has 3 rings (SSSR count). The molecule has 0 saturated heterocycles. The van der Waals surface area contributed by atoms with Crippen LogP contribution in [0.5, 0.6) is 11.5 Å². The second kappa shape index (κ2) is 7.49. The third-order valence-electron chi connectivity index (χ3n) is 3.63. The van der Waals surface area contributed by atoms with Gasteiger partial charge >= 0.3 is 5.97 Å². The molecule has 0 unspecified atom stereocenters. The lowest BCUT2D eigenvalue weighted by atomic mass is 10.1. The Hall–Kier alpha value is -1.99. The van der Waals surface area contributed by atoms with Crippen LogP contribution in [-0.4, -0.2) is 20.2 Å². The van der Waals surface area contributed by atoms with Crippen molar-refractivity contribution in [1.82, 2.24) is 0 Å². The summed E-state index contributed by atoms with van der Waals surface area (Å²) in [6, 6.07) is 10.9. The molecule has 0 amide bonds. The molecule has 0 saturated carbocycles. The molecule has 6 heteroatoms. The molecule has 0 spiro atoms. The number of cyclic esters (lactones) is 1. The van der Waals surface area contributed by atoms with E-state index in [-0.39, 0.29) is 0 Å². The lowest BCUT2D eigenvalue weighted by Gasteiger charge is -2.10. The zero-order chi connectivity index (χ0) is 18.0. The largest absolute Gasteiger partial charge is 0.493 e. The standard InChI is InChI=1S/C19H14ClIO4/c1-23-17-9-11(8-15(21)18(17)24-2)7-13-10-16(25-19(13)22)12-3-5-14(20)6-4-12/h3-10H,1-2H3/b13-7+. The van der Waals surface area contributed by atoms with Crippen molar-refractivity contribution in [2.75, 3.05) is 14.2 Å². The third-order valence-corrected chi connectivity index (χ3v) is 4.69. The topological polar surface area (TPSA) is 44.8 Å². The minimum absolute atomic E-state index is 0.394. The summed E-state index contributed by atoms with van der Waals surface area (Å²) < 4.78 is 16.9. The number of benzene rings is 2. The highest BCUT2D eigenvalue weighted by atomic mass is 127. The molecule has 25 heavy (non-hydrogen) atoms. The van der Waals surface area contributed by atoms with Crippen LogP contribution in [0.3, 0.4) is 0 Å². The fourth-order valence-corrected chi connectivity index (χ4v) is 3.42. The first-order valence-electron chi connectivity index (χ1n) is 7.35. The van der Waals surface area contributed by atoms with Crippen LogP contribution < -0.4 is 9.47 Å². The van der Waals surface area contributed by atoms with Crippen LogP contribution >= 0.6 is 34.2 Å². The summed E-state index contributed by atoms with van der Waals surface area (Å²) in [5, 5.41) is 0.629. The van der Waals surface area contributed by atoms with E-state index in [1.54, 1.807) is 38.5 Å². The van der Waals surface area contributed by atoms with Crippen LogP contribution in [-0.2, 0) is 9.53 Å². The number of carbonyl (C=O) groups excluding carboxylic acids is 1. The monoisotopic (exact) mass is 468 g/mol. The van der Waals surface area contributed by atoms with Gasteiger partial charge in [0.1, 0.15) is 5.76 Å². The molecule has 0 aliphatic carbocycles. The average molecular weight is 469 g/mol. The van der Waals surface area contributed by atoms with E-state index in [9.17, 15) is 4.79 Å². The van der Waals surface area contributed by atoms with E-state index in [0.717, 1.165) is 14.7 Å². The molecule has 1 heterocycles. The van der Waals surface area contributed by atoms with Crippen molar-refractivity contribution < 1.29 is 19.0 Å². The van der Waals surface area contributed by atoms with Gasteiger partial charge in [-0.15, -0.1) is 0 Å². The number of halogens is 2. The van der Waals surface area contributed by atoms with E-state index in [1.165, 1.54) is 0 Å². The predicted molar refractivity (Wildman–Crippen MR) is 106 cm³/mol. The Morgan fingerprint density at radius 3 is 2.48 bits per heavy atom. The van der Waals surface area contributed by atoms with Gasteiger partial charge in [-0.3, -0.25) is 0 Å². The van der Waals surface area contributed by atoms with Gasteiger partial charge in [0.05, 0.1) is 23.4 Å². The van der Waals surface area contributed by atoms with Crippen LogP contribution in [0.25, 0.3) is 11.8 Å². The molecule has 2 aromatic carbocycles. The van der Waals surface area contributed by atoms with Crippen molar-refractivity contribution in [2.45, 2.75) is 0 Å². The summed E-state index contributed by atoms with van der Waals surface area (Å²) in [7, 11) is 3.17. The molecule has 0 atom stereocenters. The molecule has 0 aromatic heterocycles. The molecule has 0 radical (unpaired) electrons. The maximum Gasteiger partial charge on any atom is 0.343 e. The van der Waals surface area contributed by atoms with Gasteiger partial charge in [-0.1, -0.05) is 11.6 Å². The lowest BCUT2D eigenvalue weighted by molar-refractivity contribution is -0.130. The fourth-order valence-electron chi connectivity index (χ4n) is 2.45. The highest BCUT2D eigenvalue weighted by Crippen LogP contribution is 2.35. The first-order chi connectivity index (χ1) is 12.0. The predicted octanol–water partition coefficient (Wildman–Crippen LogP) is 4.94. The smallest absolute Gasteiger partial charge is 0.343 e. The maximum atomic E-state index is 12.2. The normalized spacial score (nSPS) is 15.1. The zero-order valence-electron chi connectivity index (χ0n) is 13.5. The van der Waals surface area contributed by atoms with Crippen LogP contribution in [0.1, 0.15) is 11.1 Å². The number of rotatable bonds is 4. The molecule has 2 aromatic rings. The maximum absolute atomic E-state index is 12.2. The summed E-state index contributed by atoms with van der Waals surface area (Å²) in [6.07, 6.45) is 3.48. The first kappa shape index (κ1) is 17.8. The molecule has 0 fully saturated rings. The summed E-state index contributed by atoms with van der Waals surface area (Å²) in [4.78, 5) is 12.2. The number of hydrogen-bond donors (Lipinski definition) is 0. The number of esters is 1. The summed E-state index contributed by atoms with van der Waals surface area (Å²) in [5.41, 5.74) is 2.08. The molecule has 128 valence electrons. The third kappa shape index (κ3) is 3.82. The van der Waals surface area contributed by atoms with Crippen LogP contribution in [0.4, 0.5) is 0 Å². The highest BCUT2D eigenvalue weighted by molar-refractivity contribution is 14.1. The molecular formula is C19H14ClIO4. The van der Waals surface area contributed by atoms with Gasteiger partial charge in [0.25, 0.3) is 0 Å². The van der Waals surface area contributed by atoms with E-state index >= 15 is 0 Å². The Kier molecular flexibility index (Phi) is 5.34. The molecular weight excluding hydrogens is 455 g/mol. The van der Waals surface area contributed by atoms with Crippen LogP contribution in [0.15, 0.2) is 48.0 Å². The highest BCUT2D eigenvalue weighted by Gasteiger charge is 2.22. The molecule has 0 N–H and O–H groups in total. The number of ether oxygens (including phenoxy) is 3. The molecule has 4 nitrogen and oxygen atoms in total. The van der Waals surface area contributed by atoms with Gasteiger partial charge in [-0.05, 0) is 76.7 Å². The second-order valence-electron chi connectivity index (χ2n) is 5.24. The van der Waals surface area contributed by atoms with Crippen LogP contribution in [0.2, 0.25) is 5.02 Å². The second-order valence-corrected chi connectivity index (χ2v) is 6.84. The van der Waals surface area contributed by atoms with Crippen molar-refractivity contribution in [3.63, 3.8) is 0 Å². The Labute approximate surface area is 164 Å². The van der Waals surface area contributed by atoms with Gasteiger partial charge < -0.3 is 14.2 Å². The van der Waals surface area contributed by atoms with E-state index in [4.69, 9.17) is 25.8 Å². The summed E-state index contributed by atoms with van der Waals surface area (Å²) in [6.45, 7) is 0. The van der Waals surface area contributed by atoms with Crippen LogP contribution in [0, 0.1) is 3.57 Å². The quantitative estimate of drug-likeness (QED) is 0.362. The minimum Gasteiger partial charge on any atom is -0.493 e. The summed E-state index contributed by atoms with van der Waals surface area (Å²) in [5.74, 6) is 1.38. The van der Waals surface area contributed by atoms with Gasteiger partial charge in [0.15, 0.2) is 11.5 Å². The SMILES string of the molecule is COc1cc(/C=C2\C=C(c3ccc(Cl)cc3)OC2=O)cc(I)c1OC. The van der Waals surface area contributed by atoms with Crippen molar-refractivity contribution >= 4 is 52.0 Å². The van der Waals surface area contributed by atoms with Gasteiger partial charge in [-0.2, -0.15) is 0 Å². The van der Waals surface area contributed by atoms with Crippen molar-refractivity contribution in [3.8, 4) is 11.5 Å². The molecule has 1 aliphatic rings. The minimum atomic E-state index is -0.394. The van der Waals surface area contributed by atoms with Crippen molar-refractivity contribution in [3.05, 3.63) is 67.8 Å². The van der Waals surface area contributed by atoms with Gasteiger partial charge in [0.2, 0.25) is 0 Å². The Bertz CT molecular complexity index is 885. The average Bonchev–Trinajstić information content (AvgIpc) is 2.95. The Balaban J connectivity index is 1.97. The number of methoxy groups -OCH3 is 2.